The number of ketones is 2. The number of rotatable bonds is 5. The summed E-state index contributed by atoms with van der Waals surface area (Å²) in [6.45, 7) is 21.5. The van der Waals surface area contributed by atoms with Gasteiger partial charge in [-0.3, -0.25) is 9.59 Å². The van der Waals surface area contributed by atoms with E-state index in [0.29, 0.717) is 22.3 Å². The van der Waals surface area contributed by atoms with Gasteiger partial charge in [0, 0.05) is 22.3 Å². The standard InChI is InChI=1S/C42H42F8N4O2/c1-39(2,3)21-13-19(14-22(37(21)55)40(4,5)6)17-51-53-35-31(47)27(43)25(28(44)32(35)48)26-29(45)33(49)36(34(50)30(26)46)54-52-18-20-15-23(41(7,8)9)38(56)24(16-20)42(10,11)12/h13-18H,1-12H3/b53-51+,54-52+. The van der Waals surface area contributed by atoms with Crippen LogP contribution in [-0.2, 0) is 9.59 Å². The van der Waals surface area contributed by atoms with Gasteiger partial charge in [-0.25, -0.2) is 35.1 Å². The number of halogens is 8. The number of allylic oxidation sites excluding steroid dienone is 10. The molecule has 0 bridgehead atoms. The number of azo groups is 2. The van der Waals surface area contributed by atoms with E-state index in [0.717, 1.165) is 12.4 Å². The maximum atomic E-state index is 15.4. The first kappa shape index (κ1) is 43.6. The molecule has 6 nitrogen and oxygen atoms in total. The second-order valence-electron chi connectivity index (χ2n) is 17.5. The van der Waals surface area contributed by atoms with Gasteiger partial charge in [0.25, 0.3) is 0 Å². The van der Waals surface area contributed by atoms with E-state index >= 15 is 35.1 Å². The zero-order chi connectivity index (χ0) is 42.6. The Bertz CT molecular complexity index is 2010. The summed E-state index contributed by atoms with van der Waals surface area (Å²) in [5.74, 6) is -19.3. The molecule has 0 radical (unpaired) electrons. The molecular formula is C42H42F8N4O2. The SMILES string of the molecule is CC(C)(C)C1=CC(=C/N=N/c2c(F)c(F)c(-c3c(F)c(F)c(/N=N/C=C4C=C(C(C)(C)C)C(=O)C(C(C)(C)C)=C4)c(F)c3F)c(F)c2F)C=C(C(C)(C)C)C1=O. The van der Waals surface area contributed by atoms with E-state index in [1.807, 2.05) is 0 Å². The van der Waals surface area contributed by atoms with Gasteiger partial charge >= 0.3 is 0 Å². The summed E-state index contributed by atoms with van der Waals surface area (Å²) in [6.07, 6.45) is 7.85. The molecule has 56 heavy (non-hydrogen) atoms. The van der Waals surface area contributed by atoms with Gasteiger partial charge in [-0.1, -0.05) is 83.1 Å². The number of hydrogen-bond acceptors (Lipinski definition) is 6. The van der Waals surface area contributed by atoms with Gasteiger partial charge in [-0.15, -0.1) is 10.2 Å². The molecule has 2 aliphatic rings. The Morgan fingerprint density at radius 1 is 0.393 bits per heavy atom. The topological polar surface area (TPSA) is 83.6 Å². The van der Waals surface area contributed by atoms with Crippen LogP contribution in [0.25, 0.3) is 11.1 Å². The van der Waals surface area contributed by atoms with Crippen molar-refractivity contribution in [1.82, 2.24) is 0 Å². The fourth-order valence-electron chi connectivity index (χ4n) is 5.84. The smallest absolute Gasteiger partial charge is 0.190 e. The minimum atomic E-state index is -2.43. The predicted octanol–water partition coefficient (Wildman–Crippen LogP) is 13.5. The minimum Gasteiger partial charge on any atom is -0.289 e. The second kappa shape index (κ2) is 15.1. The van der Waals surface area contributed by atoms with Crippen LogP contribution >= 0.6 is 0 Å². The molecule has 0 atom stereocenters. The molecule has 2 aromatic rings. The predicted molar refractivity (Wildman–Crippen MR) is 197 cm³/mol. The van der Waals surface area contributed by atoms with Gasteiger partial charge in [0.15, 0.2) is 69.5 Å². The monoisotopic (exact) mass is 786 g/mol. The van der Waals surface area contributed by atoms with Crippen molar-refractivity contribution in [2.24, 2.45) is 42.1 Å². The maximum Gasteiger partial charge on any atom is 0.190 e. The summed E-state index contributed by atoms with van der Waals surface area (Å²) in [5.41, 5.74) is -7.91. The largest absolute Gasteiger partial charge is 0.289 e. The van der Waals surface area contributed by atoms with E-state index in [9.17, 15) is 9.59 Å². The molecule has 0 unspecified atom stereocenters. The Morgan fingerprint density at radius 3 is 0.804 bits per heavy atom. The van der Waals surface area contributed by atoms with Crippen molar-refractivity contribution in [3.63, 3.8) is 0 Å². The molecular weight excluding hydrogens is 744 g/mol. The Kier molecular flexibility index (Phi) is 11.7. The van der Waals surface area contributed by atoms with Crippen LogP contribution in [0, 0.1) is 68.2 Å². The molecule has 298 valence electrons. The van der Waals surface area contributed by atoms with Crippen molar-refractivity contribution < 1.29 is 44.7 Å². The van der Waals surface area contributed by atoms with Crippen LogP contribution in [0.1, 0.15) is 83.1 Å². The van der Waals surface area contributed by atoms with Crippen LogP contribution in [0.3, 0.4) is 0 Å². The van der Waals surface area contributed by atoms with Crippen molar-refractivity contribution >= 4 is 22.9 Å². The maximum absolute atomic E-state index is 15.4. The third-order valence-electron chi connectivity index (χ3n) is 8.91. The van der Waals surface area contributed by atoms with Gasteiger partial charge in [-0.2, -0.15) is 10.2 Å². The number of nitrogens with zero attached hydrogens (tertiary/aromatic N) is 4. The number of benzene rings is 2. The summed E-state index contributed by atoms with van der Waals surface area (Å²) in [7, 11) is 0. The lowest BCUT2D eigenvalue weighted by molar-refractivity contribution is -0.114. The van der Waals surface area contributed by atoms with Crippen LogP contribution in [0.5, 0.6) is 0 Å². The zero-order valence-corrected chi connectivity index (χ0v) is 33.1. The van der Waals surface area contributed by atoms with Crippen molar-refractivity contribution in [2.75, 3.05) is 0 Å². The summed E-state index contributed by atoms with van der Waals surface area (Å²) >= 11 is 0. The number of carbonyl (C=O) groups excluding carboxylic acids is 2. The van der Waals surface area contributed by atoms with Crippen LogP contribution in [0.15, 0.2) is 90.6 Å². The van der Waals surface area contributed by atoms with Gasteiger partial charge in [0.2, 0.25) is 0 Å². The second-order valence-corrected chi connectivity index (χ2v) is 17.5. The molecule has 14 heteroatoms. The van der Waals surface area contributed by atoms with Crippen molar-refractivity contribution in [2.45, 2.75) is 83.1 Å². The fraction of sp³-hybridized carbons (Fsp3) is 0.381. The molecule has 0 aliphatic heterocycles. The quantitative estimate of drug-likeness (QED) is 0.172. The Hall–Kier alpha value is -5.14. The lowest BCUT2D eigenvalue weighted by Gasteiger charge is -2.31. The summed E-state index contributed by atoms with van der Waals surface area (Å²) in [6, 6.07) is 0. The van der Waals surface area contributed by atoms with E-state index in [1.165, 1.54) is 24.3 Å². The molecule has 0 saturated carbocycles. The fourth-order valence-corrected chi connectivity index (χ4v) is 5.84. The Labute approximate surface area is 320 Å². The molecule has 2 aliphatic carbocycles. The molecule has 2 aromatic carbocycles. The minimum absolute atomic E-state index is 0.228. The van der Waals surface area contributed by atoms with Crippen molar-refractivity contribution in [1.29, 1.82) is 0 Å². The van der Waals surface area contributed by atoms with Crippen LogP contribution in [0.4, 0.5) is 46.5 Å². The van der Waals surface area contributed by atoms with E-state index in [2.05, 4.69) is 20.5 Å². The van der Waals surface area contributed by atoms with E-state index in [-0.39, 0.29) is 22.7 Å². The van der Waals surface area contributed by atoms with Crippen molar-refractivity contribution in [3.8, 4) is 11.1 Å². The highest BCUT2D eigenvalue weighted by Crippen LogP contribution is 2.44. The Balaban J connectivity index is 1.79. The zero-order valence-electron chi connectivity index (χ0n) is 33.1. The first-order valence-electron chi connectivity index (χ1n) is 17.4. The molecule has 4 rings (SSSR count). The lowest BCUT2D eigenvalue weighted by atomic mass is 9.72. The molecule has 0 spiro atoms. The Morgan fingerprint density at radius 2 is 0.607 bits per heavy atom. The van der Waals surface area contributed by atoms with Crippen LogP contribution in [-0.4, -0.2) is 11.6 Å². The number of hydrogen-bond donors (Lipinski definition) is 0. The van der Waals surface area contributed by atoms with E-state index in [1.54, 1.807) is 83.1 Å². The van der Waals surface area contributed by atoms with Gasteiger partial charge in [0.1, 0.15) is 0 Å². The molecule has 0 amide bonds. The highest BCUT2D eigenvalue weighted by Gasteiger charge is 2.37. The molecule has 0 heterocycles. The van der Waals surface area contributed by atoms with E-state index in [4.69, 9.17) is 0 Å². The van der Waals surface area contributed by atoms with Crippen molar-refractivity contribution in [3.05, 3.63) is 117 Å². The summed E-state index contributed by atoms with van der Waals surface area (Å²) < 4.78 is 122. The molecule has 0 fully saturated rings. The molecule has 0 saturated heterocycles. The number of Topliss-reactive ketones (excluding diaryl/α,β-unsaturated/α-hetero) is 2. The molecule has 0 N–H and O–H groups in total. The highest BCUT2D eigenvalue weighted by atomic mass is 19.2. The normalized spacial score (nSPS) is 16.1. The van der Waals surface area contributed by atoms with Crippen LogP contribution < -0.4 is 0 Å². The van der Waals surface area contributed by atoms with Gasteiger partial charge in [-0.05, 0) is 57.1 Å². The van der Waals surface area contributed by atoms with Crippen LogP contribution in [0.2, 0.25) is 0 Å². The van der Waals surface area contributed by atoms with Gasteiger partial charge < -0.3 is 0 Å². The molecule has 0 aromatic heterocycles. The summed E-state index contributed by atoms with van der Waals surface area (Å²) in [5, 5.41) is 13.5. The summed E-state index contributed by atoms with van der Waals surface area (Å²) in [4.78, 5) is 26.3. The van der Waals surface area contributed by atoms with E-state index < -0.39 is 90.7 Å². The number of carbonyl (C=O) groups is 2. The first-order chi connectivity index (χ1) is 25.5. The highest BCUT2D eigenvalue weighted by molar-refractivity contribution is 6.12. The average Bonchev–Trinajstić information content (AvgIpc) is 3.06. The lowest BCUT2D eigenvalue weighted by Crippen LogP contribution is -2.27. The third-order valence-corrected chi connectivity index (χ3v) is 8.91. The first-order valence-corrected chi connectivity index (χ1v) is 17.4. The van der Waals surface area contributed by atoms with Gasteiger partial charge in [0.05, 0.1) is 23.5 Å². The third kappa shape index (κ3) is 8.48. The average molecular weight is 787 g/mol.